The van der Waals surface area contributed by atoms with Gasteiger partial charge in [-0.05, 0) is 121 Å². The van der Waals surface area contributed by atoms with Crippen molar-refractivity contribution in [2.75, 3.05) is 11.5 Å². The Kier molecular flexibility index (Phi) is 12.3. The summed E-state index contributed by atoms with van der Waals surface area (Å²) in [6, 6.07) is 29.3. The Morgan fingerprint density at radius 1 is 0.712 bits per heavy atom. The third-order valence-corrected chi connectivity index (χ3v) is 14.2. The standard InChI is InChI=1S/C24H20BrClN4O3S2.C17H14BrN3O2S/c25-23-28-29-24(34-13-16(31)11-15-7-8-17(12-21(15)26)35(27,32)33)30(23)22-10-9-18(14-5-6-14)19-3-1-2-4-20(19)22;18-16-19-20-17(24-9-15(22)23)21(16)14-8-7-11(10-5-6-10)12-3-1-2-4-13(12)14/h1-4,7-10,12,14H,5-6,11,13H2,(H2,27,32,33);1-4,7-8,10H,5-6,9H2,(H,22,23). The molecule has 0 radical (unpaired) electrons. The molecule has 9 rings (SSSR count). The molecule has 12 nitrogen and oxygen atoms in total. The maximum Gasteiger partial charge on any atom is 0.313 e. The van der Waals surface area contributed by atoms with E-state index in [2.05, 4.69) is 107 Å². The van der Waals surface area contributed by atoms with Crippen molar-refractivity contribution in [2.45, 2.75) is 59.1 Å². The lowest BCUT2D eigenvalue weighted by Crippen LogP contribution is -2.13. The normalized spacial score (nSPS) is 14.0. The number of Topliss-reactive ketones (excluding diaryl/α,β-unsaturated/α-hetero) is 1. The summed E-state index contributed by atoms with van der Waals surface area (Å²) in [6.07, 6.45) is 5.00. The van der Waals surface area contributed by atoms with Crippen LogP contribution >= 0.6 is 67.0 Å². The van der Waals surface area contributed by atoms with Crippen LogP contribution in [0.3, 0.4) is 0 Å². The number of nitrogens with zero attached hydrogens (tertiary/aromatic N) is 6. The van der Waals surface area contributed by atoms with Gasteiger partial charge in [-0.1, -0.05) is 102 Å². The van der Waals surface area contributed by atoms with Crippen molar-refractivity contribution in [2.24, 2.45) is 5.14 Å². The number of primary sulfonamides is 1. The lowest BCUT2D eigenvalue weighted by atomic mass is 9.99. The summed E-state index contributed by atoms with van der Waals surface area (Å²) in [4.78, 5) is 23.5. The highest BCUT2D eigenvalue weighted by molar-refractivity contribution is 9.10. The molecule has 0 unspecified atom stereocenters. The first-order valence-electron chi connectivity index (χ1n) is 18.4. The molecule has 3 N–H and O–H groups in total. The number of aromatic nitrogens is 6. The molecule has 0 amide bonds. The maximum atomic E-state index is 12.7. The number of nitrogens with two attached hydrogens (primary N) is 1. The Balaban J connectivity index is 0.000000176. The summed E-state index contributed by atoms with van der Waals surface area (Å²) in [7, 11) is -3.86. The number of benzene rings is 5. The van der Waals surface area contributed by atoms with E-state index in [-0.39, 0.29) is 33.6 Å². The van der Waals surface area contributed by atoms with Crippen molar-refractivity contribution in [3.8, 4) is 11.4 Å². The molecule has 59 heavy (non-hydrogen) atoms. The summed E-state index contributed by atoms with van der Waals surface area (Å²) in [5.41, 5.74) is 5.19. The van der Waals surface area contributed by atoms with Crippen LogP contribution in [0.1, 0.15) is 54.2 Å². The minimum atomic E-state index is -3.86. The van der Waals surface area contributed by atoms with Gasteiger partial charge in [0, 0.05) is 22.2 Å². The summed E-state index contributed by atoms with van der Waals surface area (Å²) in [6.45, 7) is 0. The Morgan fingerprint density at radius 2 is 1.19 bits per heavy atom. The van der Waals surface area contributed by atoms with E-state index in [1.165, 1.54) is 77.5 Å². The van der Waals surface area contributed by atoms with Crippen LogP contribution in [-0.4, -0.2) is 66.3 Å². The second-order valence-electron chi connectivity index (χ2n) is 14.1. The number of sulfonamides is 1. The van der Waals surface area contributed by atoms with Crippen LogP contribution in [0.5, 0.6) is 0 Å². The highest BCUT2D eigenvalue weighted by Gasteiger charge is 2.28. The predicted octanol–water partition coefficient (Wildman–Crippen LogP) is 9.50. The lowest BCUT2D eigenvalue weighted by Gasteiger charge is -2.14. The highest BCUT2D eigenvalue weighted by Crippen LogP contribution is 2.46. The van der Waals surface area contributed by atoms with Gasteiger partial charge in [-0.25, -0.2) is 13.6 Å². The van der Waals surface area contributed by atoms with Crippen molar-refractivity contribution in [3.05, 3.63) is 122 Å². The van der Waals surface area contributed by atoms with Crippen molar-refractivity contribution >= 4 is 110 Å². The van der Waals surface area contributed by atoms with Crippen LogP contribution in [0.15, 0.2) is 116 Å². The molecule has 2 aromatic heterocycles. The van der Waals surface area contributed by atoms with Crippen LogP contribution in [0.4, 0.5) is 0 Å². The van der Waals surface area contributed by atoms with E-state index >= 15 is 0 Å². The molecular weight excluding hydrogens is 962 g/mol. The fourth-order valence-electron chi connectivity index (χ4n) is 6.98. The van der Waals surface area contributed by atoms with Gasteiger partial charge in [-0.3, -0.25) is 18.7 Å². The largest absolute Gasteiger partial charge is 0.481 e. The first kappa shape index (κ1) is 41.6. The van der Waals surface area contributed by atoms with Crippen LogP contribution in [0.2, 0.25) is 5.02 Å². The molecule has 2 aliphatic carbocycles. The molecule has 2 fully saturated rings. The van der Waals surface area contributed by atoms with Crippen molar-refractivity contribution in [1.82, 2.24) is 29.5 Å². The van der Waals surface area contributed by atoms with Crippen LogP contribution in [0, 0.1) is 0 Å². The first-order chi connectivity index (χ1) is 28.4. The SMILES string of the molecule is NS(=O)(=O)c1ccc(CC(=O)CSc2nnc(Br)n2-c2ccc(C3CC3)c3ccccc23)c(Cl)c1.O=C(O)CSc1nnc(Br)n1-c1ccc(C2CC2)c2ccccc12. The predicted molar refractivity (Wildman–Crippen MR) is 238 cm³/mol. The number of carbonyl (C=O) groups is 2. The zero-order chi connectivity index (χ0) is 41.4. The number of rotatable bonds is 13. The van der Waals surface area contributed by atoms with Gasteiger partial charge in [0.05, 0.1) is 27.8 Å². The van der Waals surface area contributed by atoms with Gasteiger partial charge in [0.2, 0.25) is 19.5 Å². The molecule has 0 bridgehead atoms. The fourth-order valence-corrected chi connectivity index (χ4v) is 10.4. The van der Waals surface area contributed by atoms with Gasteiger partial charge in [-0.15, -0.1) is 20.4 Å². The number of hydrogen-bond donors (Lipinski definition) is 2. The number of carbonyl (C=O) groups excluding carboxylic acids is 1. The molecule has 0 spiro atoms. The molecule has 2 saturated carbocycles. The zero-order valence-corrected chi connectivity index (χ0v) is 37.3. The Hall–Kier alpha value is -4.10. The van der Waals surface area contributed by atoms with Crippen LogP contribution in [0.25, 0.3) is 32.9 Å². The molecule has 2 aliphatic rings. The van der Waals surface area contributed by atoms with E-state index in [4.69, 9.17) is 21.8 Å². The minimum absolute atomic E-state index is 0.0524. The molecule has 0 atom stereocenters. The van der Waals surface area contributed by atoms with Gasteiger partial charge in [0.15, 0.2) is 10.3 Å². The van der Waals surface area contributed by atoms with Gasteiger partial charge in [0.25, 0.3) is 0 Å². The van der Waals surface area contributed by atoms with E-state index in [9.17, 15) is 18.0 Å². The molecule has 7 aromatic rings. The number of halogens is 3. The summed E-state index contributed by atoms with van der Waals surface area (Å²) in [5.74, 6) is 0.420. The molecule has 5 aromatic carbocycles. The summed E-state index contributed by atoms with van der Waals surface area (Å²) in [5, 5.41) is 36.7. The average molecular weight is 996 g/mol. The van der Waals surface area contributed by atoms with Crippen LogP contribution < -0.4 is 5.14 Å². The van der Waals surface area contributed by atoms with Crippen LogP contribution in [-0.2, 0) is 26.0 Å². The maximum absolute atomic E-state index is 12.7. The van der Waals surface area contributed by atoms with E-state index in [0.29, 0.717) is 37.2 Å². The number of fused-ring (bicyclic) bond motifs is 2. The van der Waals surface area contributed by atoms with E-state index < -0.39 is 16.0 Å². The smallest absolute Gasteiger partial charge is 0.313 e. The second kappa shape index (κ2) is 17.5. The number of carboxylic acid groups (broad SMARTS) is 1. The third kappa shape index (κ3) is 9.31. The first-order valence-corrected chi connectivity index (χ1v) is 23.9. The molecule has 18 heteroatoms. The van der Waals surface area contributed by atoms with E-state index in [1.807, 2.05) is 27.3 Å². The average Bonchev–Trinajstić information content (AvgIpc) is 4.16. The Morgan fingerprint density at radius 3 is 1.63 bits per heavy atom. The molecule has 302 valence electrons. The molecular formula is C41H34Br2ClN7O5S3. The Bertz CT molecular complexity index is 2880. The number of thioether (sulfide) groups is 2. The molecule has 0 aliphatic heterocycles. The number of carboxylic acids is 1. The van der Waals surface area contributed by atoms with Crippen molar-refractivity contribution in [1.29, 1.82) is 0 Å². The number of aliphatic carboxylic acids is 1. The minimum Gasteiger partial charge on any atom is -0.481 e. The molecule has 2 heterocycles. The van der Waals surface area contributed by atoms with Gasteiger partial charge >= 0.3 is 5.97 Å². The third-order valence-electron chi connectivity index (χ3n) is 10.0. The van der Waals surface area contributed by atoms with Gasteiger partial charge in [0.1, 0.15) is 5.78 Å². The Labute approximate surface area is 369 Å². The second-order valence-corrected chi connectivity index (χ2v) is 19.4. The van der Waals surface area contributed by atoms with E-state index in [0.717, 1.165) is 33.9 Å². The monoisotopic (exact) mass is 993 g/mol. The van der Waals surface area contributed by atoms with E-state index in [1.54, 1.807) is 0 Å². The number of hydrogen-bond acceptors (Lipinski definition) is 10. The van der Waals surface area contributed by atoms with Crippen molar-refractivity contribution in [3.63, 3.8) is 0 Å². The summed E-state index contributed by atoms with van der Waals surface area (Å²) < 4.78 is 27.9. The lowest BCUT2D eigenvalue weighted by molar-refractivity contribution is -0.133. The molecule has 0 saturated heterocycles. The quantitative estimate of drug-likeness (QED) is 0.105. The van der Waals surface area contributed by atoms with Crippen molar-refractivity contribution < 1.29 is 23.1 Å². The topological polar surface area (TPSA) is 176 Å². The zero-order valence-electron chi connectivity index (χ0n) is 31.0. The fraction of sp³-hybridized carbons (Fsp3) is 0.220. The van der Waals surface area contributed by atoms with Gasteiger partial charge < -0.3 is 5.11 Å². The highest BCUT2D eigenvalue weighted by atomic mass is 79.9. The summed E-state index contributed by atoms with van der Waals surface area (Å²) >= 11 is 15.6. The number of ketones is 1. The van der Waals surface area contributed by atoms with Gasteiger partial charge in [-0.2, -0.15) is 0 Å².